The summed E-state index contributed by atoms with van der Waals surface area (Å²) in [6.45, 7) is 3.02. The van der Waals surface area contributed by atoms with Gasteiger partial charge in [0.1, 0.15) is 12.4 Å². The number of rotatable bonds is 19. The van der Waals surface area contributed by atoms with Gasteiger partial charge in [0.25, 0.3) is 0 Å². The van der Waals surface area contributed by atoms with Crippen LogP contribution in [0.3, 0.4) is 0 Å². The fourth-order valence-corrected chi connectivity index (χ4v) is 3.69. The van der Waals surface area contributed by atoms with E-state index >= 15 is 0 Å². The monoisotopic (exact) mass is 419 g/mol. The Hall–Kier alpha value is -1.71. The largest absolute Gasteiger partial charge is 0.508 e. The molecule has 30 heavy (non-hydrogen) atoms. The van der Waals surface area contributed by atoms with Crippen molar-refractivity contribution in [3.05, 3.63) is 29.8 Å². The highest BCUT2D eigenvalue weighted by Gasteiger charge is 2.04. The summed E-state index contributed by atoms with van der Waals surface area (Å²) in [7, 11) is 0. The Labute approximate surface area is 184 Å². The van der Waals surface area contributed by atoms with Crippen LogP contribution in [-0.4, -0.2) is 17.7 Å². The number of aromatic hydroxyl groups is 1. The number of alkyl carbamates (subject to hydrolysis) is 1. The number of carbonyl (C=O) groups is 1. The summed E-state index contributed by atoms with van der Waals surface area (Å²) in [5.74, 6) is 0.156. The molecule has 0 aliphatic heterocycles. The van der Waals surface area contributed by atoms with Gasteiger partial charge in [-0.25, -0.2) is 4.79 Å². The third kappa shape index (κ3) is 15.2. The Kier molecular flexibility index (Phi) is 16.9. The molecule has 1 aromatic rings. The van der Waals surface area contributed by atoms with Crippen LogP contribution in [0.15, 0.2) is 24.3 Å². The number of hydrogen-bond acceptors (Lipinski definition) is 3. The molecule has 0 fully saturated rings. The normalized spacial score (nSPS) is 10.8. The average Bonchev–Trinajstić information content (AvgIpc) is 2.75. The van der Waals surface area contributed by atoms with Crippen LogP contribution in [0.2, 0.25) is 0 Å². The molecule has 2 N–H and O–H groups in total. The predicted molar refractivity (Wildman–Crippen MR) is 126 cm³/mol. The van der Waals surface area contributed by atoms with Crippen molar-refractivity contribution in [3.63, 3.8) is 0 Å². The summed E-state index contributed by atoms with van der Waals surface area (Å²) >= 11 is 0. The third-order valence-electron chi connectivity index (χ3n) is 5.65. The van der Waals surface area contributed by atoms with Gasteiger partial charge in [0, 0.05) is 12.1 Å². The van der Waals surface area contributed by atoms with E-state index in [0.29, 0.717) is 12.1 Å². The van der Waals surface area contributed by atoms with Crippen LogP contribution in [0.4, 0.5) is 4.79 Å². The van der Waals surface area contributed by atoms with Gasteiger partial charge < -0.3 is 15.2 Å². The fraction of sp³-hybridized carbons (Fsp3) is 0.731. The van der Waals surface area contributed by atoms with E-state index in [-0.39, 0.29) is 12.4 Å². The molecule has 4 heteroatoms. The first kappa shape index (κ1) is 26.3. The molecular weight excluding hydrogens is 374 g/mol. The molecule has 4 nitrogen and oxygen atoms in total. The molecule has 0 bridgehead atoms. The van der Waals surface area contributed by atoms with Crippen molar-refractivity contribution >= 4 is 6.09 Å². The van der Waals surface area contributed by atoms with Crippen molar-refractivity contribution in [2.75, 3.05) is 6.54 Å². The number of ether oxygens (including phenoxy) is 1. The molecule has 1 rings (SSSR count). The maximum atomic E-state index is 11.7. The van der Waals surface area contributed by atoms with Crippen molar-refractivity contribution in [2.45, 2.75) is 116 Å². The highest BCUT2D eigenvalue weighted by Crippen LogP contribution is 2.16. The van der Waals surface area contributed by atoms with Crippen LogP contribution < -0.4 is 5.32 Å². The molecule has 0 saturated carbocycles. The summed E-state index contributed by atoms with van der Waals surface area (Å²) in [5.41, 5.74) is 0.620. The zero-order chi connectivity index (χ0) is 21.7. The molecule has 172 valence electrons. The molecule has 0 radical (unpaired) electrons. The zero-order valence-electron chi connectivity index (χ0n) is 19.3. The minimum Gasteiger partial charge on any atom is -0.508 e. The van der Waals surface area contributed by atoms with Gasteiger partial charge in [-0.1, -0.05) is 121 Å². The molecule has 0 unspecified atom stereocenters. The molecule has 0 saturated heterocycles. The minimum atomic E-state index is -0.417. The molecule has 0 heterocycles. The number of amides is 1. The smallest absolute Gasteiger partial charge is 0.407 e. The van der Waals surface area contributed by atoms with Crippen LogP contribution in [0.1, 0.15) is 115 Å². The van der Waals surface area contributed by atoms with Crippen molar-refractivity contribution in [3.8, 4) is 5.75 Å². The van der Waals surface area contributed by atoms with Crippen molar-refractivity contribution < 1.29 is 14.6 Å². The number of hydrogen-bond donors (Lipinski definition) is 2. The lowest BCUT2D eigenvalue weighted by atomic mass is 10.0. The molecule has 0 spiro atoms. The SMILES string of the molecule is CCCCCCCCCCCCCCCCCCNC(=O)OCc1ccccc1O. The molecule has 0 aliphatic carbocycles. The second-order valence-corrected chi connectivity index (χ2v) is 8.43. The number of nitrogens with one attached hydrogen (secondary N) is 1. The number of benzene rings is 1. The Morgan fingerprint density at radius 2 is 1.23 bits per heavy atom. The molecule has 0 aromatic heterocycles. The topological polar surface area (TPSA) is 58.6 Å². The first-order chi connectivity index (χ1) is 14.7. The van der Waals surface area contributed by atoms with E-state index in [1.54, 1.807) is 18.2 Å². The maximum Gasteiger partial charge on any atom is 0.407 e. The van der Waals surface area contributed by atoms with Gasteiger partial charge in [0.05, 0.1) is 0 Å². The van der Waals surface area contributed by atoms with E-state index in [1.807, 2.05) is 6.07 Å². The second kappa shape index (κ2) is 19.3. The van der Waals surface area contributed by atoms with E-state index in [9.17, 15) is 9.90 Å². The lowest BCUT2D eigenvalue weighted by molar-refractivity contribution is 0.138. The quantitative estimate of drug-likeness (QED) is 0.224. The summed E-state index contributed by atoms with van der Waals surface area (Å²) in [6, 6.07) is 6.90. The second-order valence-electron chi connectivity index (χ2n) is 8.43. The zero-order valence-corrected chi connectivity index (χ0v) is 19.3. The molecule has 1 aromatic carbocycles. The minimum absolute atomic E-state index is 0.0947. The number of phenolic OH excluding ortho intramolecular Hbond substituents is 1. The summed E-state index contributed by atoms with van der Waals surface area (Å²) in [5, 5.41) is 12.4. The molecular formula is C26H45NO3. The lowest BCUT2D eigenvalue weighted by Gasteiger charge is -2.08. The Morgan fingerprint density at radius 1 is 0.767 bits per heavy atom. The standard InChI is InChI=1S/C26H45NO3/c1-2-3-4-5-6-7-8-9-10-11-12-13-14-15-16-19-22-27-26(29)30-23-24-20-17-18-21-25(24)28/h17-18,20-21,28H,2-16,19,22-23H2,1H3,(H,27,29). The van der Waals surface area contributed by atoms with Crippen LogP contribution in [0.25, 0.3) is 0 Å². The van der Waals surface area contributed by atoms with Crippen LogP contribution in [-0.2, 0) is 11.3 Å². The van der Waals surface area contributed by atoms with Gasteiger partial charge in [0.2, 0.25) is 0 Å². The van der Waals surface area contributed by atoms with E-state index in [4.69, 9.17) is 4.74 Å². The highest BCUT2D eigenvalue weighted by atomic mass is 16.5. The molecule has 0 atom stereocenters. The van der Waals surface area contributed by atoms with E-state index in [0.717, 1.165) is 12.8 Å². The number of carbonyl (C=O) groups excluding carboxylic acids is 1. The average molecular weight is 420 g/mol. The molecule has 0 aliphatic rings. The van der Waals surface area contributed by atoms with E-state index in [1.165, 1.54) is 89.9 Å². The Balaban J connectivity index is 1.78. The first-order valence-electron chi connectivity index (χ1n) is 12.4. The highest BCUT2D eigenvalue weighted by molar-refractivity contribution is 5.67. The van der Waals surface area contributed by atoms with E-state index in [2.05, 4.69) is 12.2 Å². The van der Waals surface area contributed by atoms with Gasteiger partial charge >= 0.3 is 6.09 Å². The van der Waals surface area contributed by atoms with Crippen LogP contribution >= 0.6 is 0 Å². The van der Waals surface area contributed by atoms with Gasteiger partial charge in [-0.3, -0.25) is 0 Å². The van der Waals surface area contributed by atoms with Crippen molar-refractivity contribution in [1.82, 2.24) is 5.32 Å². The maximum absolute atomic E-state index is 11.7. The lowest BCUT2D eigenvalue weighted by Crippen LogP contribution is -2.25. The van der Waals surface area contributed by atoms with E-state index < -0.39 is 6.09 Å². The Morgan fingerprint density at radius 3 is 1.73 bits per heavy atom. The fourth-order valence-electron chi connectivity index (χ4n) is 3.69. The van der Waals surface area contributed by atoms with Crippen LogP contribution in [0, 0.1) is 0 Å². The van der Waals surface area contributed by atoms with Gasteiger partial charge in [-0.15, -0.1) is 0 Å². The number of unbranched alkanes of at least 4 members (excludes halogenated alkanes) is 15. The first-order valence-corrected chi connectivity index (χ1v) is 12.4. The van der Waals surface area contributed by atoms with Crippen LogP contribution in [0.5, 0.6) is 5.75 Å². The number of phenols is 1. The van der Waals surface area contributed by atoms with Gasteiger partial charge in [-0.2, -0.15) is 0 Å². The van der Waals surface area contributed by atoms with Gasteiger partial charge in [0.15, 0.2) is 0 Å². The third-order valence-corrected chi connectivity index (χ3v) is 5.65. The van der Waals surface area contributed by atoms with Gasteiger partial charge in [-0.05, 0) is 12.5 Å². The molecule has 1 amide bonds. The summed E-state index contributed by atoms with van der Waals surface area (Å²) in [6.07, 6.45) is 21.1. The predicted octanol–water partition coefficient (Wildman–Crippen LogP) is 7.88. The number of para-hydroxylation sites is 1. The summed E-state index contributed by atoms with van der Waals surface area (Å²) < 4.78 is 5.13. The summed E-state index contributed by atoms with van der Waals surface area (Å²) in [4.78, 5) is 11.7. The van der Waals surface area contributed by atoms with Crippen molar-refractivity contribution in [1.29, 1.82) is 0 Å². The van der Waals surface area contributed by atoms with Crippen molar-refractivity contribution in [2.24, 2.45) is 0 Å². The Bertz CT molecular complexity index is 533.